The van der Waals surface area contributed by atoms with Crippen LogP contribution in [0.5, 0.6) is 0 Å². The van der Waals surface area contributed by atoms with E-state index in [1.54, 1.807) is 22.8 Å². The summed E-state index contributed by atoms with van der Waals surface area (Å²) in [6.45, 7) is 0. The standard InChI is InChI=1S/C16H15F2N3O/c17-11-4-2-1-3-10(11)12-5-6-13-19-21(14(22)20(12)13)16-7-15(18,8-16)9-16/h1-4,12H,5-9H2/t12-,15?,16?/m0/s1. The molecule has 4 nitrogen and oxygen atoms in total. The lowest BCUT2D eigenvalue weighted by molar-refractivity contribution is -0.205. The highest BCUT2D eigenvalue weighted by atomic mass is 19.1. The molecule has 3 aliphatic carbocycles. The van der Waals surface area contributed by atoms with Gasteiger partial charge in [0.2, 0.25) is 0 Å². The number of halogens is 2. The maximum Gasteiger partial charge on any atom is 0.347 e. The van der Waals surface area contributed by atoms with E-state index >= 15 is 0 Å². The van der Waals surface area contributed by atoms with Gasteiger partial charge in [0.25, 0.3) is 0 Å². The highest BCUT2D eigenvalue weighted by molar-refractivity contribution is 5.26. The van der Waals surface area contributed by atoms with Crippen LogP contribution in [0.4, 0.5) is 8.78 Å². The van der Waals surface area contributed by atoms with Gasteiger partial charge >= 0.3 is 5.69 Å². The van der Waals surface area contributed by atoms with E-state index in [1.165, 1.54) is 10.7 Å². The van der Waals surface area contributed by atoms with Crippen molar-refractivity contribution in [2.45, 2.75) is 49.4 Å². The van der Waals surface area contributed by atoms with Crippen molar-refractivity contribution in [1.29, 1.82) is 0 Å². The van der Waals surface area contributed by atoms with E-state index in [4.69, 9.17) is 0 Å². The van der Waals surface area contributed by atoms with E-state index in [-0.39, 0.29) is 17.5 Å². The molecule has 6 heteroatoms. The fourth-order valence-corrected chi connectivity index (χ4v) is 4.48. The number of aromatic nitrogens is 3. The summed E-state index contributed by atoms with van der Waals surface area (Å²) in [5.41, 5.74) is -1.17. The molecular formula is C16H15F2N3O. The molecule has 2 bridgehead atoms. The smallest absolute Gasteiger partial charge is 0.271 e. The first-order valence-electron chi connectivity index (χ1n) is 7.66. The molecule has 1 aliphatic heterocycles. The fourth-order valence-electron chi connectivity index (χ4n) is 4.48. The summed E-state index contributed by atoms with van der Waals surface area (Å²) < 4.78 is 30.9. The van der Waals surface area contributed by atoms with E-state index in [9.17, 15) is 13.6 Å². The van der Waals surface area contributed by atoms with Crippen molar-refractivity contribution in [1.82, 2.24) is 14.3 Å². The number of fused-ring (bicyclic) bond motifs is 1. The van der Waals surface area contributed by atoms with Gasteiger partial charge in [-0.2, -0.15) is 5.10 Å². The molecule has 3 fully saturated rings. The van der Waals surface area contributed by atoms with E-state index in [1.807, 2.05) is 0 Å². The summed E-state index contributed by atoms with van der Waals surface area (Å²) in [5.74, 6) is 0.393. The number of rotatable bonds is 2. The zero-order valence-corrected chi connectivity index (χ0v) is 11.9. The Bertz CT molecular complexity index is 834. The largest absolute Gasteiger partial charge is 0.347 e. The molecule has 0 N–H and O–H groups in total. The lowest BCUT2D eigenvalue weighted by atomic mass is 9.47. The average molecular weight is 303 g/mol. The van der Waals surface area contributed by atoms with Crippen LogP contribution in [0.2, 0.25) is 0 Å². The van der Waals surface area contributed by atoms with Crippen LogP contribution in [0.1, 0.15) is 43.1 Å². The molecule has 2 aromatic rings. The summed E-state index contributed by atoms with van der Waals surface area (Å²) in [6, 6.07) is 6.25. The van der Waals surface area contributed by atoms with Gasteiger partial charge < -0.3 is 0 Å². The van der Waals surface area contributed by atoms with Crippen LogP contribution in [0.3, 0.4) is 0 Å². The van der Waals surface area contributed by atoms with Crippen molar-refractivity contribution in [3.8, 4) is 0 Å². The molecule has 2 heterocycles. The summed E-state index contributed by atoms with van der Waals surface area (Å²) in [7, 11) is 0. The predicted octanol–water partition coefficient (Wildman–Crippen LogP) is 2.32. The van der Waals surface area contributed by atoms with Gasteiger partial charge in [0, 0.05) is 31.2 Å². The topological polar surface area (TPSA) is 39.8 Å². The van der Waals surface area contributed by atoms with Crippen LogP contribution in [0.15, 0.2) is 29.1 Å². The number of alkyl halides is 1. The van der Waals surface area contributed by atoms with Gasteiger partial charge in [-0.15, -0.1) is 0 Å². The highest BCUT2D eigenvalue weighted by Gasteiger charge is 2.71. The third-order valence-corrected chi connectivity index (χ3v) is 5.48. The van der Waals surface area contributed by atoms with Crippen molar-refractivity contribution < 1.29 is 8.78 Å². The van der Waals surface area contributed by atoms with E-state index in [0.717, 1.165) is 0 Å². The Kier molecular flexibility index (Phi) is 2.09. The van der Waals surface area contributed by atoms with Gasteiger partial charge in [0.05, 0.1) is 11.6 Å². The van der Waals surface area contributed by atoms with Gasteiger partial charge in [-0.3, -0.25) is 4.57 Å². The quantitative estimate of drug-likeness (QED) is 0.854. The maximum absolute atomic E-state index is 14.1. The van der Waals surface area contributed by atoms with Crippen molar-refractivity contribution in [3.63, 3.8) is 0 Å². The Morgan fingerprint density at radius 1 is 1.23 bits per heavy atom. The summed E-state index contributed by atoms with van der Waals surface area (Å²) in [5, 5.41) is 4.44. The molecule has 1 atom stereocenters. The molecule has 0 radical (unpaired) electrons. The number of aryl methyl sites for hydroxylation is 1. The molecule has 0 unspecified atom stereocenters. The second-order valence-electron chi connectivity index (χ2n) is 6.96. The normalized spacial score (nSPS) is 34.9. The zero-order valence-electron chi connectivity index (χ0n) is 11.9. The Balaban J connectivity index is 1.60. The molecule has 1 aromatic carbocycles. The molecule has 4 aliphatic rings. The molecular weight excluding hydrogens is 288 g/mol. The molecule has 3 saturated carbocycles. The predicted molar refractivity (Wildman–Crippen MR) is 75.0 cm³/mol. The molecule has 1 aromatic heterocycles. The van der Waals surface area contributed by atoms with Gasteiger partial charge in [-0.05, 0) is 12.5 Å². The summed E-state index contributed by atoms with van der Waals surface area (Å²) >= 11 is 0. The third kappa shape index (κ3) is 1.36. The maximum atomic E-state index is 14.1. The molecule has 0 amide bonds. The van der Waals surface area contributed by atoms with Crippen LogP contribution in [-0.2, 0) is 12.0 Å². The molecule has 0 spiro atoms. The minimum absolute atomic E-state index is 0.220. The second kappa shape index (κ2) is 3.67. The Hall–Kier alpha value is -1.98. The minimum atomic E-state index is -1.07. The first kappa shape index (κ1) is 12.6. The number of hydrogen-bond acceptors (Lipinski definition) is 2. The van der Waals surface area contributed by atoms with Crippen molar-refractivity contribution >= 4 is 0 Å². The third-order valence-electron chi connectivity index (χ3n) is 5.48. The number of nitrogens with zero attached hydrogens (tertiary/aromatic N) is 3. The zero-order chi connectivity index (χ0) is 15.1. The first-order chi connectivity index (χ1) is 10.5. The Morgan fingerprint density at radius 3 is 2.64 bits per heavy atom. The summed E-state index contributed by atoms with van der Waals surface area (Å²) in [6.07, 6.45) is 2.50. The van der Waals surface area contributed by atoms with Gasteiger partial charge in [0.1, 0.15) is 17.3 Å². The second-order valence-corrected chi connectivity index (χ2v) is 6.96. The number of benzene rings is 1. The van der Waals surface area contributed by atoms with Crippen molar-refractivity contribution in [3.05, 3.63) is 52.0 Å². The van der Waals surface area contributed by atoms with Crippen molar-refractivity contribution in [2.24, 2.45) is 0 Å². The Labute approximate surface area is 125 Å². The molecule has 114 valence electrons. The number of hydrogen-bond donors (Lipinski definition) is 0. The van der Waals surface area contributed by atoms with Gasteiger partial charge in [-0.1, -0.05) is 18.2 Å². The molecule has 22 heavy (non-hydrogen) atoms. The Morgan fingerprint density at radius 2 is 1.95 bits per heavy atom. The average Bonchev–Trinajstić information content (AvgIpc) is 2.96. The molecule has 6 rings (SSSR count). The van der Waals surface area contributed by atoms with Crippen LogP contribution >= 0.6 is 0 Å². The lowest BCUT2D eigenvalue weighted by Gasteiger charge is -2.64. The van der Waals surface area contributed by atoms with Crippen molar-refractivity contribution in [2.75, 3.05) is 0 Å². The van der Waals surface area contributed by atoms with Gasteiger partial charge in [-0.25, -0.2) is 18.3 Å². The molecule has 0 saturated heterocycles. The summed E-state index contributed by atoms with van der Waals surface area (Å²) in [4.78, 5) is 12.7. The van der Waals surface area contributed by atoms with Crippen LogP contribution in [0, 0.1) is 5.82 Å². The van der Waals surface area contributed by atoms with E-state index in [2.05, 4.69) is 5.10 Å². The first-order valence-corrected chi connectivity index (χ1v) is 7.66. The van der Waals surface area contributed by atoms with E-state index < -0.39 is 11.2 Å². The monoisotopic (exact) mass is 303 g/mol. The minimum Gasteiger partial charge on any atom is -0.271 e. The van der Waals surface area contributed by atoms with E-state index in [0.29, 0.717) is 43.5 Å². The fraction of sp³-hybridized carbons (Fsp3) is 0.500. The van der Waals surface area contributed by atoms with Crippen LogP contribution in [-0.4, -0.2) is 20.0 Å². The van der Waals surface area contributed by atoms with Gasteiger partial charge in [0.15, 0.2) is 0 Å². The lowest BCUT2D eigenvalue weighted by Crippen LogP contribution is -2.72. The SMILES string of the molecule is O=c1n(C23CC(F)(C2)C3)nc2n1[C@H](c1ccccc1F)CC2. The highest BCUT2D eigenvalue weighted by Crippen LogP contribution is 2.66. The van der Waals surface area contributed by atoms with Crippen LogP contribution in [0.25, 0.3) is 0 Å². The van der Waals surface area contributed by atoms with Crippen LogP contribution < -0.4 is 5.69 Å².